The molecule has 0 aromatic carbocycles. The van der Waals surface area contributed by atoms with Gasteiger partial charge in [-0.15, -0.1) is 11.8 Å². The predicted octanol–water partition coefficient (Wildman–Crippen LogP) is 1.91. The van der Waals surface area contributed by atoms with Gasteiger partial charge in [0.25, 0.3) is 0 Å². The van der Waals surface area contributed by atoms with Crippen molar-refractivity contribution in [2.24, 2.45) is 22.6 Å². The van der Waals surface area contributed by atoms with E-state index in [4.69, 9.17) is 10.5 Å². The van der Waals surface area contributed by atoms with Crippen molar-refractivity contribution < 1.29 is 14.3 Å². The number of esters is 1. The zero-order valence-corrected chi connectivity index (χ0v) is 14.8. The van der Waals surface area contributed by atoms with Crippen LogP contribution in [0.25, 0.3) is 0 Å². The second-order valence-electron chi connectivity index (χ2n) is 6.35. The van der Waals surface area contributed by atoms with Gasteiger partial charge >= 0.3 is 5.97 Å². The fourth-order valence-electron chi connectivity index (χ4n) is 3.93. The Morgan fingerprint density at radius 1 is 1.46 bits per heavy atom. The Labute approximate surface area is 146 Å². The zero-order valence-electron chi connectivity index (χ0n) is 13.9. The van der Waals surface area contributed by atoms with E-state index < -0.39 is 5.92 Å². The molecular weight excluding hydrogens is 324 g/mol. The summed E-state index contributed by atoms with van der Waals surface area (Å²) in [7, 11) is 0. The Morgan fingerprint density at radius 3 is 3.04 bits per heavy atom. The first-order chi connectivity index (χ1) is 11.6. The summed E-state index contributed by atoms with van der Waals surface area (Å²) in [4.78, 5) is 30.1. The van der Waals surface area contributed by atoms with E-state index in [-0.39, 0.29) is 27.7 Å². The van der Waals surface area contributed by atoms with Crippen LogP contribution < -0.4 is 5.73 Å². The molecule has 3 aliphatic rings. The van der Waals surface area contributed by atoms with Gasteiger partial charge in [0.15, 0.2) is 0 Å². The van der Waals surface area contributed by atoms with E-state index in [2.05, 4.69) is 11.1 Å². The van der Waals surface area contributed by atoms with Crippen molar-refractivity contribution in [2.45, 2.75) is 36.2 Å². The van der Waals surface area contributed by atoms with Crippen LogP contribution in [0.5, 0.6) is 0 Å². The van der Waals surface area contributed by atoms with Gasteiger partial charge in [0.05, 0.1) is 28.2 Å². The molecule has 0 aromatic heterocycles. The van der Waals surface area contributed by atoms with Gasteiger partial charge in [-0.1, -0.05) is 18.2 Å². The summed E-state index contributed by atoms with van der Waals surface area (Å²) in [5, 5.41) is -0.375. The van der Waals surface area contributed by atoms with Gasteiger partial charge in [-0.25, -0.2) is 0 Å². The lowest BCUT2D eigenvalue weighted by Gasteiger charge is -2.37. The van der Waals surface area contributed by atoms with Gasteiger partial charge in [0.1, 0.15) is 5.78 Å². The molecule has 1 spiro atoms. The largest absolute Gasteiger partial charge is 0.466 e. The van der Waals surface area contributed by atoms with Crippen molar-refractivity contribution in [3.63, 3.8) is 0 Å². The zero-order chi connectivity index (χ0) is 17.2. The van der Waals surface area contributed by atoms with Crippen molar-refractivity contribution >= 4 is 29.2 Å². The molecule has 0 radical (unpaired) electrons. The van der Waals surface area contributed by atoms with Crippen LogP contribution >= 0.6 is 11.8 Å². The molecule has 3 rings (SSSR count). The Morgan fingerprint density at radius 2 is 2.29 bits per heavy atom. The third-order valence-electron chi connectivity index (χ3n) is 4.97. The van der Waals surface area contributed by atoms with Crippen molar-refractivity contribution in [2.75, 3.05) is 19.7 Å². The molecule has 24 heavy (non-hydrogen) atoms. The number of aliphatic imine (C=N–C) groups is 1. The molecule has 4 unspecified atom stereocenters. The number of Topliss-reactive ketones (excluding diaryl/α,β-unsaturated/α-hetero) is 1. The Kier molecular flexibility index (Phi) is 5.25. The molecule has 0 saturated carbocycles. The third-order valence-corrected chi connectivity index (χ3v) is 6.82. The van der Waals surface area contributed by atoms with Gasteiger partial charge in [-0.05, 0) is 38.3 Å². The first kappa shape index (κ1) is 17.4. The number of allylic oxidation sites excluding steroid dienone is 3. The molecule has 2 N–H and O–H groups in total. The smallest absolute Gasteiger partial charge is 0.310 e. The van der Waals surface area contributed by atoms with E-state index in [1.54, 1.807) is 18.7 Å². The second-order valence-corrected chi connectivity index (χ2v) is 7.77. The van der Waals surface area contributed by atoms with E-state index in [1.165, 1.54) is 0 Å². The maximum atomic E-state index is 12.8. The van der Waals surface area contributed by atoms with Gasteiger partial charge < -0.3 is 10.5 Å². The lowest BCUT2D eigenvalue weighted by atomic mass is 9.72. The molecule has 1 fully saturated rings. The highest BCUT2D eigenvalue weighted by Gasteiger charge is 2.60. The van der Waals surface area contributed by atoms with Crippen molar-refractivity contribution in [1.82, 2.24) is 0 Å². The number of nitrogens with zero attached hydrogens (tertiary/aromatic N) is 1. The van der Waals surface area contributed by atoms with Crippen LogP contribution in [0, 0.1) is 11.8 Å². The number of thioether (sulfide) groups is 1. The minimum atomic E-state index is -0.401. The number of ketones is 1. The molecule has 2 aliphatic heterocycles. The number of ether oxygens (including phenoxy) is 1. The Bertz CT molecular complexity index is 613. The molecule has 0 amide bonds. The summed E-state index contributed by atoms with van der Waals surface area (Å²) in [5.41, 5.74) is 6.53. The Hall–Kier alpha value is -1.40. The molecule has 1 saturated heterocycles. The fourth-order valence-corrected chi connectivity index (χ4v) is 5.89. The summed E-state index contributed by atoms with van der Waals surface area (Å²) >= 11 is 1.59. The molecule has 2 heterocycles. The van der Waals surface area contributed by atoms with Crippen LogP contribution in [0.1, 0.15) is 26.2 Å². The first-order valence-corrected chi connectivity index (χ1v) is 9.50. The molecule has 4 atom stereocenters. The van der Waals surface area contributed by atoms with Crippen molar-refractivity contribution in [3.05, 3.63) is 24.3 Å². The highest BCUT2D eigenvalue weighted by Crippen LogP contribution is 2.57. The quantitative estimate of drug-likeness (QED) is 0.742. The minimum absolute atomic E-state index is 0.0575. The summed E-state index contributed by atoms with van der Waals surface area (Å²) in [6.07, 6.45) is 9.96. The number of carbonyl (C=O) groups excluding carboxylic acids is 2. The van der Waals surface area contributed by atoms with E-state index in [0.717, 1.165) is 12.1 Å². The van der Waals surface area contributed by atoms with E-state index in [0.29, 0.717) is 32.5 Å². The molecular formula is C18H24N2O3S. The van der Waals surface area contributed by atoms with Crippen LogP contribution in [0.3, 0.4) is 0 Å². The molecule has 6 heteroatoms. The van der Waals surface area contributed by atoms with Gasteiger partial charge in [-0.2, -0.15) is 0 Å². The van der Waals surface area contributed by atoms with E-state index in [1.807, 2.05) is 18.2 Å². The molecule has 5 nitrogen and oxygen atoms in total. The summed E-state index contributed by atoms with van der Waals surface area (Å²) in [6.45, 7) is 3.31. The molecule has 130 valence electrons. The lowest BCUT2D eigenvalue weighted by Crippen LogP contribution is -2.45. The average molecular weight is 348 g/mol. The normalized spacial score (nSPS) is 33.6. The van der Waals surface area contributed by atoms with Gasteiger partial charge in [0, 0.05) is 13.0 Å². The van der Waals surface area contributed by atoms with Crippen molar-refractivity contribution in [1.29, 1.82) is 0 Å². The van der Waals surface area contributed by atoms with Crippen LogP contribution in [-0.2, 0) is 14.3 Å². The standard InChI is InChI=1S/C18H24N2O3S/c1-2-23-17(22)15-12-8-11-20-14-7-3-4-9-18(12,14)24-16(15)13(21)6-5-10-19/h3-4,7,9,12,15-16H,2,5-6,8,10-11,19H2,1H3. The summed E-state index contributed by atoms with van der Waals surface area (Å²) in [5.74, 6) is -0.485. The number of nitrogens with two attached hydrogens (primary N) is 1. The topological polar surface area (TPSA) is 81.8 Å². The number of hydrogen-bond acceptors (Lipinski definition) is 6. The van der Waals surface area contributed by atoms with Crippen molar-refractivity contribution in [3.8, 4) is 0 Å². The highest BCUT2D eigenvalue weighted by atomic mass is 32.2. The Balaban J connectivity index is 1.95. The van der Waals surface area contributed by atoms with Crippen LogP contribution in [0.2, 0.25) is 0 Å². The second kappa shape index (κ2) is 7.23. The predicted molar refractivity (Wildman–Crippen MR) is 96.2 cm³/mol. The summed E-state index contributed by atoms with van der Waals surface area (Å²) in [6, 6.07) is 0. The molecule has 0 bridgehead atoms. The van der Waals surface area contributed by atoms with Gasteiger partial charge in [-0.3, -0.25) is 14.6 Å². The van der Waals surface area contributed by atoms with Gasteiger partial charge in [0.2, 0.25) is 0 Å². The van der Waals surface area contributed by atoms with E-state index >= 15 is 0 Å². The maximum absolute atomic E-state index is 12.8. The molecule has 1 aliphatic carbocycles. The minimum Gasteiger partial charge on any atom is -0.466 e. The van der Waals surface area contributed by atoms with Crippen LogP contribution in [0.4, 0.5) is 0 Å². The lowest BCUT2D eigenvalue weighted by molar-refractivity contribution is -0.151. The number of carbonyl (C=O) groups is 2. The monoisotopic (exact) mass is 348 g/mol. The van der Waals surface area contributed by atoms with E-state index in [9.17, 15) is 9.59 Å². The number of rotatable bonds is 6. The van der Waals surface area contributed by atoms with Crippen LogP contribution in [-0.4, -0.2) is 47.2 Å². The SMILES string of the molecule is CCOC(=O)C1C(C(=O)CCCN)SC23C=CC=CC2=NCCC13. The first-order valence-electron chi connectivity index (χ1n) is 8.62. The fraction of sp³-hybridized carbons (Fsp3) is 0.611. The molecule has 0 aromatic rings. The third kappa shape index (κ3) is 2.86. The average Bonchev–Trinajstić information content (AvgIpc) is 2.93. The number of hydrogen-bond donors (Lipinski definition) is 1. The van der Waals surface area contributed by atoms with Crippen LogP contribution in [0.15, 0.2) is 29.3 Å². The highest BCUT2D eigenvalue weighted by molar-refractivity contribution is 8.03. The summed E-state index contributed by atoms with van der Waals surface area (Å²) < 4.78 is 4.96. The maximum Gasteiger partial charge on any atom is 0.310 e.